The zero-order chi connectivity index (χ0) is 13.5. The van der Waals surface area contributed by atoms with Crippen molar-refractivity contribution in [3.63, 3.8) is 0 Å². The number of hydrogen-bond acceptors (Lipinski definition) is 4. The van der Waals surface area contributed by atoms with Crippen molar-refractivity contribution >= 4 is 23.1 Å². The molecule has 0 unspecified atom stereocenters. The number of halogens is 1. The first kappa shape index (κ1) is 14.6. The quantitative estimate of drug-likeness (QED) is 0.330. The lowest BCUT2D eigenvalue weighted by Crippen LogP contribution is -2.01. The Bertz CT molecular complexity index is 448. The number of hydrogen-bond donors (Lipinski definition) is 0. The third kappa shape index (κ3) is 4.09. The van der Waals surface area contributed by atoms with Gasteiger partial charge in [0.2, 0.25) is 0 Å². The average molecular weight is 272 g/mol. The molecule has 0 spiro atoms. The minimum Gasteiger partial charge on any atom is -0.385 e. The number of nitro groups is 1. The number of carbonyl (C=O) groups is 1. The molecular weight excluding hydrogens is 258 g/mol. The maximum Gasteiger partial charge on any atom is 0.287 e. The van der Waals surface area contributed by atoms with E-state index >= 15 is 0 Å². The fourth-order valence-corrected chi connectivity index (χ4v) is 1.75. The maximum absolute atomic E-state index is 11.8. The number of methoxy groups -OCH3 is 1. The molecule has 18 heavy (non-hydrogen) atoms. The van der Waals surface area contributed by atoms with Crippen LogP contribution in [0.4, 0.5) is 5.69 Å². The third-order valence-electron chi connectivity index (χ3n) is 2.47. The van der Waals surface area contributed by atoms with Crippen LogP contribution in [0.3, 0.4) is 0 Å². The molecule has 0 N–H and O–H groups in total. The van der Waals surface area contributed by atoms with E-state index in [1.54, 1.807) is 7.11 Å². The van der Waals surface area contributed by atoms with E-state index in [1.807, 2.05) is 0 Å². The highest BCUT2D eigenvalue weighted by molar-refractivity contribution is 6.33. The molecule has 0 aliphatic heterocycles. The van der Waals surface area contributed by atoms with Gasteiger partial charge in [-0.1, -0.05) is 11.6 Å². The van der Waals surface area contributed by atoms with Gasteiger partial charge in [-0.05, 0) is 25.0 Å². The van der Waals surface area contributed by atoms with Crippen LogP contribution in [0.15, 0.2) is 18.2 Å². The molecule has 0 heterocycles. The Kier molecular flexibility index (Phi) is 5.74. The summed E-state index contributed by atoms with van der Waals surface area (Å²) < 4.78 is 4.88. The lowest BCUT2D eigenvalue weighted by Gasteiger charge is -2.02. The first-order valence-electron chi connectivity index (χ1n) is 5.52. The number of rotatable bonds is 7. The van der Waals surface area contributed by atoms with Crippen molar-refractivity contribution in [2.24, 2.45) is 0 Å². The smallest absolute Gasteiger partial charge is 0.287 e. The second-order valence-corrected chi connectivity index (χ2v) is 4.20. The summed E-state index contributed by atoms with van der Waals surface area (Å²) in [6.07, 6.45) is 1.92. The summed E-state index contributed by atoms with van der Waals surface area (Å²) in [5.74, 6) is -0.0668. The summed E-state index contributed by atoms with van der Waals surface area (Å²) in [7, 11) is 1.61. The number of ketones is 1. The van der Waals surface area contributed by atoms with Crippen molar-refractivity contribution in [1.82, 2.24) is 0 Å². The molecule has 0 saturated carbocycles. The first-order chi connectivity index (χ1) is 8.56. The van der Waals surface area contributed by atoms with Crippen molar-refractivity contribution in [2.45, 2.75) is 19.3 Å². The van der Waals surface area contributed by atoms with Crippen molar-refractivity contribution in [3.8, 4) is 0 Å². The van der Waals surface area contributed by atoms with Crippen molar-refractivity contribution in [2.75, 3.05) is 13.7 Å². The normalized spacial score (nSPS) is 10.3. The van der Waals surface area contributed by atoms with E-state index < -0.39 is 4.92 Å². The number of nitro benzene ring substituents is 1. The van der Waals surface area contributed by atoms with E-state index in [4.69, 9.17) is 16.3 Å². The Labute approximate surface area is 110 Å². The molecule has 5 nitrogen and oxygen atoms in total. The molecule has 0 aliphatic carbocycles. The Morgan fingerprint density at radius 1 is 1.44 bits per heavy atom. The van der Waals surface area contributed by atoms with Gasteiger partial charge in [0.25, 0.3) is 5.69 Å². The summed E-state index contributed by atoms with van der Waals surface area (Å²) in [6.45, 7) is 0.619. The molecular formula is C12H14ClNO4. The van der Waals surface area contributed by atoms with Crippen molar-refractivity contribution < 1.29 is 14.5 Å². The lowest BCUT2D eigenvalue weighted by atomic mass is 10.1. The van der Waals surface area contributed by atoms with E-state index in [-0.39, 0.29) is 16.5 Å². The summed E-state index contributed by atoms with van der Waals surface area (Å²) in [6, 6.07) is 4.03. The highest BCUT2D eigenvalue weighted by atomic mass is 35.5. The first-order valence-corrected chi connectivity index (χ1v) is 5.90. The molecule has 0 bridgehead atoms. The van der Waals surface area contributed by atoms with Gasteiger partial charge in [-0.3, -0.25) is 14.9 Å². The van der Waals surface area contributed by atoms with E-state index in [0.717, 1.165) is 12.8 Å². The maximum atomic E-state index is 11.8. The van der Waals surface area contributed by atoms with Crippen LogP contribution < -0.4 is 0 Å². The molecule has 0 atom stereocenters. The van der Waals surface area contributed by atoms with E-state index in [1.165, 1.54) is 18.2 Å². The second-order valence-electron chi connectivity index (χ2n) is 3.80. The zero-order valence-corrected chi connectivity index (χ0v) is 10.8. The van der Waals surface area contributed by atoms with Crippen LogP contribution in [0.25, 0.3) is 0 Å². The van der Waals surface area contributed by atoms with Crippen LogP contribution in [0.1, 0.15) is 29.6 Å². The van der Waals surface area contributed by atoms with Gasteiger partial charge in [-0.25, -0.2) is 0 Å². The number of carbonyl (C=O) groups excluding carboxylic acids is 1. The Balaban J connectivity index is 2.64. The molecule has 1 rings (SSSR count). The van der Waals surface area contributed by atoms with E-state index in [2.05, 4.69) is 0 Å². The van der Waals surface area contributed by atoms with E-state index in [9.17, 15) is 14.9 Å². The van der Waals surface area contributed by atoms with Gasteiger partial charge in [-0.2, -0.15) is 0 Å². The number of benzene rings is 1. The molecule has 98 valence electrons. The number of nitrogens with zero attached hydrogens (tertiary/aromatic N) is 1. The van der Waals surface area contributed by atoms with Crippen LogP contribution in [-0.2, 0) is 4.74 Å². The third-order valence-corrected chi connectivity index (χ3v) is 2.77. The monoisotopic (exact) mass is 271 g/mol. The van der Waals surface area contributed by atoms with Gasteiger partial charge in [0.1, 0.15) is 5.02 Å². The van der Waals surface area contributed by atoms with Crippen LogP contribution >= 0.6 is 11.6 Å². The fraction of sp³-hybridized carbons (Fsp3) is 0.417. The number of unbranched alkanes of at least 4 members (excludes halogenated alkanes) is 1. The average Bonchev–Trinajstić information content (AvgIpc) is 2.33. The highest BCUT2D eigenvalue weighted by Gasteiger charge is 2.14. The van der Waals surface area contributed by atoms with Crippen molar-refractivity contribution in [3.05, 3.63) is 38.9 Å². The zero-order valence-electron chi connectivity index (χ0n) is 10.0. The lowest BCUT2D eigenvalue weighted by molar-refractivity contribution is -0.384. The number of Topliss-reactive ketones (excluding diaryl/α,β-unsaturated/α-hetero) is 1. The molecule has 1 aromatic rings. The topological polar surface area (TPSA) is 69.4 Å². The largest absolute Gasteiger partial charge is 0.385 e. The minimum absolute atomic E-state index is 0.0114. The van der Waals surface area contributed by atoms with Crippen molar-refractivity contribution in [1.29, 1.82) is 0 Å². The summed E-state index contributed by atoms with van der Waals surface area (Å²) >= 11 is 5.74. The summed E-state index contributed by atoms with van der Waals surface area (Å²) in [5, 5.41) is 10.6. The Morgan fingerprint density at radius 3 is 2.72 bits per heavy atom. The van der Waals surface area contributed by atoms with Crippen LogP contribution in [0.5, 0.6) is 0 Å². The van der Waals surface area contributed by atoms with E-state index in [0.29, 0.717) is 18.6 Å². The molecule has 0 aliphatic rings. The molecule has 0 radical (unpaired) electrons. The second kappa shape index (κ2) is 7.08. The summed E-state index contributed by atoms with van der Waals surface area (Å²) in [5.41, 5.74) is 0.218. The predicted octanol–water partition coefficient (Wildman–Crippen LogP) is 3.25. The minimum atomic E-state index is -0.574. The molecule has 0 saturated heterocycles. The fourth-order valence-electron chi connectivity index (χ4n) is 1.50. The molecule has 0 amide bonds. The highest BCUT2D eigenvalue weighted by Crippen LogP contribution is 2.25. The van der Waals surface area contributed by atoms with Crippen LogP contribution in [0, 0.1) is 10.1 Å². The Hall–Kier alpha value is -1.46. The van der Waals surface area contributed by atoms with Gasteiger partial charge < -0.3 is 4.74 Å². The standard InChI is InChI=1S/C12H14ClNO4/c1-18-7-3-2-4-12(15)9-5-6-11(14(16)17)10(13)8-9/h5-6,8H,2-4,7H2,1H3. The summed E-state index contributed by atoms with van der Waals surface area (Å²) in [4.78, 5) is 21.8. The van der Waals surface area contributed by atoms with Gasteiger partial charge in [-0.15, -0.1) is 0 Å². The molecule has 6 heteroatoms. The molecule has 1 aromatic carbocycles. The predicted molar refractivity (Wildman–Crippen MR) is 68.2 cm³/mol. The SMILES string of the molecule is COCCCCC(=O)c1ccc([N+](=O)[O-])c(Cl)c1. The Morgan fingerprint density at radius 2 is 2.17 bits per heavy atom. The van der Waals surface area contributed by atoms with Gasteiger partial charge in [0, 0.05) is 31.8 Å². The van der Waals surface area contributed by atoms with Gasteiger partial charge in [0.15, 0.2) is 5.78 Å². The molecule has 0 fully saturated rings. The molecule has 0 aromatic heterocycles. The number of ether oxygens (including phenoxy) is 1. The van der Waals surface area contributed by atoms with Gasteiger partial charge >= 0.3 is 0 Å². The van der Waals surface area contributed by atoms with Crippen LogP contribution in [0.2, 0.25) is 5.02 Å². The van der Waals surface area contributed by atoms with Gasteiger partial charge in [0.05, 0.1) is 4.92 Å². The van der Waals surface area contributed by atoms with Crippen LogP contribution in [-0.4, -0.2) is 24.4 Å².